The average molecular weight is 226 g/mol. The summed E-state index contributed by atoms with van der Waals surface area (Å²) >= 11 is 0. The van der Waals surface area contributed by atoms with Crippen LogP contribution in [-0.2, 0) is 12.8 Å². The molecule has 0 saturated heterocycles. The van der Waals surface area contributed by atoms with Gasteiger partial charge in [-0.25, -0.2) is 0 Å². The fourth-order valence-corrected chi connectivity index (χ4v) is 2.82. The first-order valence-electron chi connectivity index (χ1n) is 6.48. The Morgan fingerprint density at radius 2 is 1.88 bits per heavy atom. The summed E-state index contributed by atoms with van der Waals surface area (Å²) in [4.78, 5) is 0. The van der Waals surface area contributed by atoms with Crippen molar-refractivity contribution in [3.05, 3.63) is 35.4 Å². The Labute approximate surface area is 103 Å². The van der Waals surface area contributed by atoms with Crippen LogP contribution < -0.4 is 5.32 Å². The molecule has 1 fully saturated rings. The lowest BCUT2D eigenvalue weighted by molar-refractivity contribution is 0.420. The molecule has 0 atom stereocenters. The third-order valence-corrected chi connectivity index (χ3v) is 4.23. The summed E-state index contributed by atoms with van der Waals surface area (Å²) < 4.78 is 0. The molecule has 1 N–H and O–H groups in total. The molecule has 0 aliphatic heterocycles. The van der Waals surface area contributed by atoms with Crippen LogP contribution in [-0.4, -0.2) is 12.6 Å². The summed E-state index contributed by atoms with van der Waals surface area (Å²) in [5.74, 6) is 0. The number of fused-ring (bicyclic) bond motifs is 1. The molecule has 0 aromatic heterocycles. The smallest absolute Gasteiger partial charge is 0.0628 e. The minimum Gasteiger partial charge on any atom is -0.313 e. The Morgan fingerprint density at radius 1 is 1.24 bits per heavy atom. The van der Waals surface area contributed by atoms with Crippen LogP contribution in [0.3, 0.4) is 0 Å². The Kier molecular flexibility index (Phi) is 2.64. The fraction of sp³-hybridized carbons (Fsp3) is 0.533. The lowest BCUT2D eigenvalue weighted by Gasteiger charge is -2.17. The molecule has 0 radical (unpaired) electrons. The number of benzene rings is 1. The number of nitriles is 1. The lowest BCUT2D eigenvalue weighted by atomic mass is 10.0. The molecule has 2 aliphatic carbocycles. The molecule has 0 bridgehead atoms. The van der Waals surface area contributed by atoms with E-state index < -0.39 is 0 Å². The van der Waals surface area contributed by atoms with Gasteiger partial charge in [0.2, 0.25) is 0 Å². The molecule has 1 aromatic carbocycles. The zero-order valence-corrected chi connectivity index (χ0v) is 10.1. The van der Waals surface area contributed by atoms with Crippen LogP contribution in [0.15, 0.2) is 24.3 Å². The van der Waals surface area contributed by atoms with Crippen molar-refractivity contribution < 1.29 is 0 Å². The Balaban J connectivity index is 1.55. The molecule has 0 unspecified atom stereocenters. The van der Waals surface area contributed by atoms with E-state index in [0.717, 1.165) is 25.8 Å². The molecule has 3 rings (SSSR count). The van der Waals surface area contributed by atoms with Crippen molar-refractivity contribution in [2.45, 2.75) is 38.1 Å². The van der Waals surface area contributed by atoms with Crippen molar-refractivity contribution in [1.82, 2.24) is 5.32 Å². The molecule has 1 saturated carbocycles. The standard InChI is InChI=1S/C15H18N2/c16-8-7-15(5-6-15)11-17-14-9-12-3-1-2-4-13(12)10-14/h1-4,14,17H,5-7,9-11H2. The van der Waals surface area contributed by atoms with Gasteiger partial charge in [-0.3, -0.25) is 0 Å². The molecular formula is C15H18N2. The van der Waals surface area contributed by atoms with Crippen LogP contribution in [0, 0.1) is 16.7 Å². The first kappa shape index (κ1) is 10.8. The molecule has 0 spiro atoms. The summed E-state index contributed by atoms with van der Waals surface area (Å²) in [6.45, 7) is 1.03. The summed E-state index contributed by atoms with van der Waals surface area (Å²) in [5.41, 5.74) is 3.31. The normalized spacial score (nSPS) is 20.9. The molecule has 1 aromatic rings. The topological polar surface area (TPSA) is 35.8 Å². The van der Waals surface area contributed by atoms with Gasteiger partial charge in [-0.15, -0.1) is 0 Å². The van der Waals surface area contributed by atoms with E-state index in [4.69, 9.17) is 5.26 Å². The van der Waals surface area contributed by atoms with E-state index in [1.54, 1.807) is 0 Å². The molecular weight excluding hydrogens is 208 g/mol. The maximum Gasteiger partial charge on any atom is 0.0628 e. The quantitative estimate of drug-likeness (QED) is 0.856. The number of hydrogen-bond donors (Lipinski definition) is 1. The summed E-state index contributed by atoms with van der Waals surface area (Å²) in [6, 6.07) is 11.6. The minimum absolute atomic E-state index is 0.323. The molecule has 88 valence electrons. The summed E-state index contributed by atoms with van der Waals surface area (Å²) in [6.07, 6.45) is 5.48. The van der Waals surface area contributed by atoms with Crippen molar-refractivity contribution in [2.75, 3.05) is 6.54 Å². The van der Waals surface area contributed by atoms with Crippen LogP contribution in [0.25, 0.3) is 0 Å². The first-order valence-corrected chi connectivity index (χ1v) is 6.48. The maximum absolute atomic E-state index is 8.80. The van der Waals surface area contributed by atoms with Crippen LogP contribution >= 0.6 is 0 Å². The van der Waals surface area contributed by atoms with Gasteiger partial charge in [0.1, 0.15) is 0 Å². The first-order chi connectivity index (χ1) is 8.31. The van der Waals surface area contributed by atoms with Gasteiger partial charge in [-0.1, -0.05) is 24.3 Å². The Morgan fingerprint density at radius 3 is 2.41 bits per heavy atom. The largest absolute Gasteiger partial charge is 0.313 e. The summed E-state index contributed by atoms with van der Waals surface area (Å²) in [5, 5.41) is 12.5. The number of rotatable bonds is 4. The third-order valence-electron chi connectivity index (χ3n) is 4.23. The molecule has 0 heterocycles. The van der Waals surface area contributed by atoms with Crippen molar-refractivity contribution in [3.8, 4) is 6.07 Å². The van der Waals surface area contributed by atoms with Crippen molar-refractivity contribution >= 4 is 0 Å². The Hall–Kier alpha value is -1.33. The lowest BCUT2D eigenvalue weighted by Crippen LogP contribution is -2.34. The number of nitrogens with one attached hydrogen (secondary N) is 1. The highest BCUT2D eigenvalue weighted by atomic mass is 14.9. The third kappa shape index (κ3) is 2.21. The van der Waals surface area contributed by atoms with Crippen LogP contribution in [0.1, 0.15) is 30.4 Å². The second kappa shape index (κ2) is 4.16. The number of nitrogens with zero attached hydrogens (tertiary/aromatic N) is 1. The average Bonchev–Trinajstić information content (AvgIpc) is 2.98. The molecule has 0 amide bonds. The van der Waals surface area contributed by atoms with E-state index in [2.05, 4.69) is 35.7 Å². The second-order valence-electron chi connectivity index (χ2n) is 5.59. The van der Waals surface area contributed by atoms with Crippen LogP contribution in [0.4, 0.5) is 0 Å². The van der Waals surface area contributed by atoms with E-state index in [0.29, 0.717) is 11.5 Å². The highest BCUT2D eigenvalue weighted by Gasteiger charge is 2.42. The van der Waals surface area contributed by atoms with Gasteiger partial charge in [0.25, 0.3) is 0 Å². The van der Waals surface area contributed by atoms with Gasteiger partial charge >= 0.3 is 0 Å². The molecule has 2 aliphatic rings. The number of hydrogen-bond acceptors (Lipinski definition) is 2. The molecule has 2 nitrogen and oxygen atoms in total. The van der Waals surface area contributed by atoms with Crippen molar-refractivity contribution in [2.24, 2.45) is 5.41 Å². The van der Waals surface area contributed by atoms with Crippen LogP contribution in [0.5, 0.6) is 0 Å². The zero-order chi connectivity index (χ0) is 11.7. The highest BCUT2D eigenvalue weighted by Crippen LogP contribution is 2.48. The van der Waals surface area contributed by atoms with E-state index in [-0.39, 0.29) is 0 Å². The van der Waals surface area contributed by atoms with Crippen molar-refractivity contribution in [3.63, 3.8) is 0 Å². The van der Waals surface area contributed by atoms with E-state index >= 15 is 0 Å². The zero-order valence-electron chi connectivity index (χ0n) is 10.1. The van der Waals surface area contributed by atoms with E-state index in [1.165, 1.54) is 24.0 Å². The van der Waals surface area contributed by atoms with E-state index in [9.17, 15) is 0 Å². The molecule has 2 heteroatoms. The van der Waals surface area contributed by atoms with Gasteiger partial charge in [-0.05, 0) is 42.2 Å². The Bertz CT molecular complexity index is 429. The molecule has 17 heavy (non-hydrogen) atoms. The van der Waals surface area contributed by atoms with Gasteiger partial charge in [0.05, 0.1) is 6.07 Å². The highest BCUT2D eigenvalue weighted by molar-refractivity contribution is 5.33. The predicted octanol–water partition coefficient (Wildman–Crippen LogP) is 2.44. The maximum atomic E-state index is 8.80. The fourth-order valence-electron chi connectivity index (χ4n) is 2.82. The second-order valence-corrected chi connectivity index (χ2v) is 5.59. The monoisotopic (exact) mass is 226 g/mol. The predicted molar refractivity (Wildman–Crippen MR) is 67.5 cm³/mol. The minimum atomic E-state index is 0.323. The van der Waals surface area contributed by atoms with Gasteiger partial charge < -0.3 is 5.32 Å². The van der Waals surface area contributed by atoms with E-state index in [1.807, 2.05) is 0 Å². The van der Waals surface area contributed by atoms with Gasteiger partial charge in [0, 0.05) is 19.0 Å². The van der Waals surface area contributed by atoms with Gasteiger partial charge in [0.15, 0.2) is 0 Å². The van der Waals surface area contributed by atoms with Crippen LogP contribution in [0.2, 0.25) is 0 Å². The SMILES string of the molecule is N#CCC1(CNC2Cc3ccccc3C2)CC1. The van der Waals surface area contributed by atoms with Gasteiger partial charge in [-0.2, -0.15) is 5.26 Å². The van der Waals surface area contributed by atoms with Crippen molar-refractivity contribution in [1.29, 1.82) is 5.26 Å². The summed E-state index contributed by atoms with van der Waals surface area (Å²) in [7, 11) is 0.